The number of hydrogen-bond donors (Lipinski definition) is 1. The molecular weight excluding hydrogens is 543 g/mol. The number of fused-ring (bicyclic) bond motifs is 1. The van der Waals surface area contributed by atoms with Gasteiger partial charge in [0.15, 0.2) is 11.6 Å². The van der Waals surface area contributed by atoms with E-state index in [2.05, 4.69) is 22.1 Å². The molecular formula is C31H27FN4O4S. The third-order valence-corrected chi connectivity index (χ3v) is 8.52. The van der Waals surface area contributed by atoms with Crippen LogP contribution in [0.4, 0.5) is 10.2 Å². The summed E-state index contributed by atoms with van der Waals surface area (Å²) in [6, 6.07) is 16.6. The Kier molecular flexibility index (Phi) is 7.14. The summed E-state index contributed by atoms with van der Waals surface area (Å²) in [7, 11) is 1.33. The molecule has 3 amide bonds. The number of carbonyl (C=O) groups excluding carboxylic acids is 3. The van der Waals surface area contributed by atoms with Crippen molar-refractivity contribution in [1.82, 2.24) is 15.2 Å². The van der Waals surface area contributed by atoms with E-state index in [4.69, 9.17) is 9.72 Å². The number of ether oxygens (including phenoxy) is 1. The molecule has 0 spiro atoms. The minimum atomic E-state index is -1.45. The van der Waals surface area contributed by atoms with Crippen molar-refractivity contribution in [3.8, 4) is 28.8 Å². The first-order valence-corrected chi connectivity index (χ1v) is 14.4. The highest BCUT2D eigenvalue weighted by Crippen LogP contribution is 2.35. The summed E-state index contributed by atoms with van der Waals surface area (Å²) in [5, 5.41) is 2.32. The topological polar surface area (TPSA) is 91.8 Å². The van der Waals surface area contributed by atoms with Gasteiger partial charge in [-0.2, -0.15) is 11.8 Å². The highest BCUT2D eigenvalue weighted by Gasteiger charge is 2.49. The maximum Gasteiger partial charge on any atom is 0.257 e. The second-order valence-electron chi connectivity index (χ2n) is 10.2. The summed E-state index contributed by atoms with van der Waals surface area (Å²) in [5.74, 6) is 6.82. The van der Waals surface area contributed by atoms with Crippen molar-refractivity contribution < 1.29 is 23.5 Å². The summed E-state index contributed by atoms with van der Waals surface area (Å²) in [6.07, 6.45) is -0.186. The molecule has 3 aliphatic heterocycles. The minimum Gasteiger partial charge on any atom is -0.494 e. The maximum absolute atomic E-state index is 14.8. The molecule has 41 heavy (non-hydrogen) atoms. The van der Waals surface area contributed by atoms with Gasteiger partial charge in [0.05, 0.1) is 24.8 Å². The van der Waals surface area contributed by atoms with Crippen LogP contribution in [0.5, 0.6) is 5.75 Å². The van der Waals surface area contributed by atoms with E-state index in [1.165, 1.54) is 18.1 Å². The second-order valence-corrected chi connectivity index (χ2v) is 11.4. The van der Waals surface area contributed by atoms with Crippen LogP contribution in [0.25, 0.3) is 11.3 Å². The molecule has 1 aromatic heterocycles. The molecule has 1 N–H and O–H groups in total. The lowest BCUT2D eigenvalue weighted by atomic mass is 9.85. The number of hydrogen-bond acceptors (Lipinski definition) is 7. The lowest BCUT2D eigenvalue weighted by Crippen LogP contribution is -2.42. The van der Waals surface area contributed by atoms with Crippen molar-refractivity contribution in [1.29, 1.82) is 0 Å². The molecule has 0 radical (unpaired) electrons. The molecule has 2 fully saturated rings. The van der Waals surface area contributed by atoms with Gasteiger partial charge in [-0.15, -0.1) is 0 Å². The number of benzene rings is 2. The van der Waals surface area contributed by atoms with Crippen LogP contribution in [-0.4, -0.2) is 65.9 Å². The first kappa shape index (κ1) is 26.8. The molecule has 2 aromatic carbocycles. The fourth-order valence-electron chi connectivity index (χ4n) is 5.39. The first-order chi connectivity index (χ1) is 19.9. The van der Waals surface area contributed by atoms with Gasteiger partial charge in [0.25, 0.3) is 5.91 Å². The zero-order valence-electron chi connectivity index (χ0n) is 22.4. The van der Waals surface area contributed by atoms with Gasteiger partial charge in [-0.05, 0) is 35.9 Å². The molecule has 208 valence electrons. The number of methoxy groups -OCH3 is 1. The Morgan fingerprint density at radius 3 is 2.56 bits per heavy atom. The van der Waals surface area contributed by atoms with Crippen molar-refractivity contribution >= 4 is 35.3 Å². The SMILES string of the molecule is COc1ccc2c(c1F)C(=O)N(C[C@@]1(C#Cc3ccc(-c4cccc(N5CCSCC5)n4)cc3)CC(=O)NC1=O)C2. The predicted molar refractivity (Wildman–Crippen MR) is 154 cm³/mol. The average Bonchev–Trinajstić information content (AvgIpc) is 3.47. The number of pyridine rings is 1. The lowest BCUT2D eigenvalue weighted by molar-refractivity contribution is -0.127. The number of rotatable bonds is 5. The van der Waals surface area contributed by atoms with E-state index in [1.807, 2.05) is 54.2 Å². The van der Waals surface area contributed by atoms with Gasteiger partial charge in [-0.1, -0.05) is 36.1 Å². The Morgan fingerprint density at radius 1 is 1.07 bits per heavy atom. The van der Waals surface area contributed by atoms with Crippen molar-refractivity contribution in [3.63, 3.8) is 0 Å². The summed E-state index contributed by atoms with van der Waals surface area (Å²) in [4.78, 5) is 46.9. The largest absolute Gasteiger partial charge is 0.494 e. The number of carbonyl (C=O) groups is 3. The molecule has 6 rings (SSSR count). The van der Waals surface area contributed by atoms with Gasteiger partial charge >= 0.3 is 0 Å². The van der Waals surface area contributed by atoms with Crippen LogP contribution in [0.3, 0.4) is 0 Å². The van der Waals surface area contributed by atoms with Gasteiger partial charge in [0.2, 0.25) is 11.8 Å². The molecule has 8 nitrogen and oxygen atoms in total. The lowest BCUT2D eigenvalue weighted by Gasteiger charge is -2.27. The van der Waals surface area contributed by atoms with E-state index < -0.39 is 29.0 Å². The van der Waals surface area contributed by atoms with Crippen LogP contribution in [0.1, 0.15) is 27.9 Å². The van der Waals surface area contributed by atoms with Crippen molar-refractivity contribution in [2.24, 2.45) is 5.41 Å². The van der Waals surface area contributed by atoms with Crippen molar-refractivity contribution in [3.05, 3.63) is 77.1 Å². The van der Waals surface area contributed by atoms with Crippen LogP contribution < -0.4 is 15.0 Å². The molecule has 0 saturated carbocycles. The average molecular weight is 571 g/mol. The Labute approximate surface area is 241 Å². The van der Waals surface area contributed by atoms with E-state index in [9.17, 15) is 18.8 Å². The van der Waals surface area contributed by atoms with Crippen LogP contribution in [0.15, 0.2) is 54.6 Å². The monoisotopic (exact) mass is 570 g/mol. The standard InChI is InChI=1S/C31H27FN4O4S/c1-40-24-10-9-22-18-36(29(38)27(22)28(24)32)19-31(17-26(37)34-30(31)39)12-11-20-5-7-21(8-6-20)23-3-2-4-25(33-23)35-13-15-41-16-14-35/h2-10H,13-19H2,1H3,(H,34,37,39)/t31-/m1/s1. The molecule has 0 bridgehead atoms. The summed E-state index contributed by atoms with van der Waals surface area (Å²) < 4.78 is 19.9. The molecule has 3 aliphatic rings. The molecule has 2 saturated heterocycles. The maximum atomic E-state index is 14.8. The molecule has 1 atom stereocenters. The fourth-order valence-corrected chi connectivity index (χ4v) is 6.29. The van der Waals surface area contributed by atoms with E-state index in [0.29, 0.717) is 11.1 Å². The number of imide groups is 1. The summed E-state index contributed by atoms with van der Waals surface area (Å²) >= 11 is 1.95. The van der Waals surface area contributed by atoms with Gasteiger partial charge in [-0.25, -0.2) is 9.37 Å². The highest BCUT2D eigenvalue weighted by atomic mass is 32.2. The molecule has 0 unspecified atom stereocenters. The Morgan fingerprint density at radius 2 is 1.85 bits per heavy atom. The van der Waals surface area contributed by atoms with Crippen LogP contribution in [0, 0.1) is 23.1 Å². The number of thioether (sulfide) groups is 1. The number of nitrogens with one attached hydrogen (secondary N) is 1. The third-order valence-electron chi connectivity index (χ3n) is 7.58. The van der Waals surface area contributed by atoms with Gasteiger partial charge < -0.3 is 14.5 Å². The number of aromatic nitrogens is 1. The summed E-state index contributed by atoms with van der Waals surface area (Å²) in [6.45, 7) is 1.92. The molecule has 3 aromatic rings. The summed E-state index contributed by atoms with van der Waals surface area (Å²) in [5.41, 5.74) is 1.41. The molecule has 0 aliphatic carbocycles. The van der Waals surface area contributed by atoms with Crippen LogP contribution >= 0.6 is 11.8 Å². The second kappa shape index (κ2) is 10.9. The first-order valence-electron chi connectivity index (χ1n) is 13.3. The smallest absolute Gasteiger partial charge is 0.257 e. The Hall–Kier alpha value is -4.36. The van der Waals surface area contributed by atoms with Crippen LogP contribution in [0.2, 0.25) is 0 Å². The van der Waals surface area contributed by atoms with E-state index >= 15 is 0 Å². The fraction of sp³-hybridized carbons (Fsp3) is 0.290. The quantitative estimate of drug-likeness (QED) is 0.371. The third kappa shape index (κ3) is 5.13. The van der Waals surface area contributed by atoms with E-state index in [1.54, 1.807) is 6.07 Å². The number of halogens is 1. The van der Waals surface area contributed by atoms with Gasteiger partial charge in [0, 0.05) is 48.8 Å². The number of anilines is 1. The van der Waals surface area contributed by atoms with E-state index in [0.717, 1.165) is 41.7 Å². The van der Waals surface area contributed by atoms with Gasteiger partial charge in [0.1, 0.15) is 11.2 Å². The normalized spacial score (nSPS) is 20.0. The zero-order chi connectivity index (χ0) is 28.6. The highest BCUT2D eigenvalue weighted by molar-refractivity contribution is 7.99. The van der Waals surface area contributed by atoms with Crippen LogP contribution in [-0.2, 0) is 16.1 Å². The van der Waals surface area contributed by atoms with E-state index in [-0.39, 0.29) is 30.8 Å². The van der Waals surface area contributed by atoms with Gasteiger partial charge in [-0.3, -0.25) is 19.7 Å². The predicted octanol–water partition coefficient (Wildman–Crippen LogP) is 3.49. The minimum absolute atomic E-state index is 0.0294. The molecule has 4 heterocycles. The number of amides is 3. The zero-order valence-corrected chi connectivity index (χ0v) is 23.2. The van der Waals surface area contributed by atoms with Crippen molar-refractivity contribution in [2.75, 3.05) is 43.1 Å². The molecule has 10 heteroatoms. The Balaban J connectivity index is 1.23. The number of nitrogens with zero attached hydrogens (tertiary/aromatic N) is 3. The van der Waals surface area contributed by atoms with Crippen molar-refractivity contribution in [2.45, 2.75) is 13.0 Å². The Bertz CT molecular complexity index is 1610.